The molecule has 8 heteroatoms. The SMILES string of the molecule is NC(=O)C1(NC(=O)CC(F)(F)F)COC1. The van der Waals surface area contributed by atoms with Crippen LogP contribution in [0.25, 0.3) is 0 Å². The van der Waals surface area contributed by atoms with E-state index in [9.17, 15) is 22.8 Å². The van der Waals surface area contributed by atoms with Gasteiger partial charge in [0.1, 0.15) is 6.42 Å². The zero-order valence-corrected chi connectivity index (χ0v) is 7.56. The van der Waals surface area contributed by atoms with E-state index in [1.807, 2.05) is 5.32 Å². The van der Waals surface area contributed by atoms with Gasteiger partial charge in [0.15, 0.2) is 5.54 Å². The van der Waals surface area contributed by atoms with Gasteiger partial charge >= 0.3 is 6.18 Å². The number of halogens is 3. The maximum Gasteiger partial charge on any atom is 0.397 e. The Bertz CT molecular complexity index is 286. The topological polar surface area (TPSA) is 81.4 Å². The molecule has 0 radical (unpaired) electrons. The van der Waals surface area contributed by atoms with Crippen molar-refractivity contribution in [1.29, 1.82) is 0 Å². The Morgan fingerprint density at radius 1 is 1.40 bits per heavy atom. The number of nitrogens with one attached hydrogen (secondary N) is 1. The third-order valence-electron chi connectivity index (χ3n) is 1.91. The number of hydrogen-bond donors (Lipinski definition) is 2. The molecule has 0 aromatic carbocycles. The summed E-state index contributed by atoms with van der Waals surface area (Å²) in [4.78, 5) is 21.7. The summed E-state index contributed by atoms with van der Waals surface area (Å²) in [6.45, 7) is -0.377. The van der Waals surface area contributed by atoms with Gasteiger partial charge in [0.2, 0.25) is 11.8 Å². The highest BCUT2D eigenvalue weighted by molar-refractivity contribution is 5.91. The van der Waals surface area contributed by atoms with Crippen LogP contribution in [0.5, 0.6) is 0 Å². The van der Waals surface area contributed by atoms with Gasteiger partial charge in [-0.2, -0.15) is 13.2 Å². The fraction of sp³-hybridized carbons (Fsp3) is 0.714. The van der Waals surface area contributed by atoms with Crippen molar-refractivity contribution in [1.82, 2.24) is 5.32 Å². The second-order valence-corrected chi connectivity index (χ2v) is 3.28. The van der Waals surface area contributed by atoms with E-state index < -0.39 is 30.0 Å². The highest BCUT2D eigenvalue weighted by Crippen LogP contribution is 2.21. The lowest BCUT2D eigenvalue weighted by Crippen LogP contribution is -2.69. The summed E-state index contributed by atoms with van der Waals surface area (Å²) >= 11 is 0. The Morgan fingerprint density at radius 3 is 2.20 bits per heavy atom. The van der Waals surface area contributed by atoms with E-state index in [4.69, 9.17) is 5.73 Å². The van der Waals surface area contributed by atoms with E-state index in [-0.39, 0.29) is 13.2 Å². The summed E-state index contributed by atoms with van der Waals surface area (Å²) in [5, 5.41) is 1.93. The Morgan fingerprint density at radius 2 is 1.93 bits per heavy atom. The lowest BCUT2D eigenvalue weighted by atomic mass is 9.96. The molecular weight excluding hydrogens is 217 g/mol. The number of carbonyl (C=O) groups excluding carboxylic acids is 2. The van der Waals surface area contributed by atoms with Crippen molar-refractivity contribution < 1.29 is 27.5 Å². The van der Waals surface area contributed by atoms with Gasteiger partial charge in [-0.1, -0.05) is 0 Å². The smallest absolute Gasteiger partial charge is 0.375 e. The molecule has 0 unspecified atom stereocenters. The van der Waals surface area contributed by atoms with Gasteiger partial charge in [0.05, 0.1) is 13.2 Å². The zero-order chi connectivity index (χ0) is 11.7. The number of carbonyl (C=O) groups is 2. The number of ether oxygens (including phenoxy) is 1. The molecule has 0 spiro atoms. The molecule has 2 amide bonds. The molecule has 1 heterocycles. The molecular formula is C7H9F3N2O3. The minimum Gasteiger partial charge on any atom is -0.375 e. The van der Waals surface area contributed by atoms with Crippen molar-refractivity contribution in [3.63, 3.8) is 0 Å². The molecule has 3 N–H and O–H groups in total. The van der Waals surface area contributed by atoms with Crippen LogP contribution in [0.4, 0.5) is 13.2 Å². The van der Waals surface area contributed by atoms with Gasteiger partial charge in [0, 0.05) is 0 Å². The minimum absolute atomic E-state index is 0.189. The maximum atomic E-state index is 11.8. The Labute approximate surface area is 82.7 Å². The Kier molecular flexibility index (Phi) is 2.89. The lowest BCUT2D eigenvalue weighted by Gasteiger charge is -2.38. The monoisotopic (exact) mass is 226 g/mol. The number of hydrogen-bond acceptors (Lipinski definition) is 3. The molecule has 1 aliphatic heterocycles. The third-order valence-corrected chi connectivity index (χ3v) is 1.91. The predicted octanol–water partition coefficient (Wildman–Crippen LogP) is -0.691. The molecule has 5 nitrogen and oxygen atoms in total. The number of alkyl halides is 3. The van der Waals surface area contributed by atoms with E-state index in [0.717, 1.165) is 0 Å². The summed E-state index contributed by atoms with van der Waals surface area (Å²) in [6.07, 6.45) is -6.24. The van der Waals surface area contributed by atoms with Gasteiger partial charge in [-0.05, 0) is 0 Å². The van der Waals surface area contributed by atoms with E-state index in [1.165, 1.54) is 0 Å². The minimum atomic E-state index is -4.60. The second kappa shape index (κ2) is 3.69. The number of nitrogens with two attached hydrogens (primary N) is 1. The summed E-state index contributed by atoms with van der Waals surface area (Å²) in [5.74, 6) is -2.19. The predicted molar refractivity (Wildman–Crippen MR) is 41.6 cm³/mol. The van der Waals surface area contributed by atoms with Crippen LogP contribution in [-0.4, -0.2) is 36.7 Å². The second-order valence-electron chi connectivity index (χ2n) is 3.28. The first kappa shape index (κ1) is 11.8. The fourth-order valence-electron chi connectivity index (χ4n) is 1.08. The lowest BCUT2D eigenvalue weighted by molar-refractivity contribution is -0.164. The summed E-state index contributed by atoms with van der Waals surface area (Å²) in [5.41, 5.74) is 3.46. The van der Waals surface area contributed by atoms with E-state index in [0.29, 0.717) is 0 Å². The molecule has 0 bridgehead atoms. The molecule has 1 rings (SSSR count). The van der Waals surface area contributed by atoms with E-state index in [2.05, 4.69) is 4.74 Å². The molecule has 0 aromatic rings. The van der Waals surface area contributed by atoms with Gasteiger partial charge in [-0.15, -0.1) is 0 Å². The summed E-state index contributed by atoms with van der Waals surface area (Å²) in [6, 6.07) is 0. The quantitative estimate of drug-likeness (QED) is 0.668. The van der Waals surface area contributed by atoms with Crippen LogP contribution >= 0.6 is 0 Å². The molecule has 15 heavy (non-hydrogen) atoms. The van der Waals surface area contributed by atoms with Gasteiger partial charge in [-0.25, -0.2) is 0 Å². The van der Waals surface area contributed by atoms with Gasteiger partial charge in [0.25, 0.3) is 0 Å². The molecule has 1 aliphatic rings. The van der Waals surface area contributed by atoms with Crippen molar-refractivity contribution in [3.05, 3.63) is 0 Å². The molecule has 1 fully saturated rings. The van der Waals surface area contributed by atoms with E-state index in [1.54, 1.807) is 0 Å². The standard InChI is InChI=1S/C7H9F3N2O3/c8-7(9,10)1-4(13)12-6(5(11)14)2-15-3-6/h1-3H2,(H2,11,14)(H,12,13). The molecule has 0 aliphatic carbocycles. The van der Waals surface area contributed by atoms with Crippen molar-refractivity contribution >= 4 is 11.8 Å². The number of rotatable bonds is 3. The van der Waals surface area contributed by atoms with Crippen LogP contribution in [0, 0.1) is 0 Å². The first-order valence-corrected chi connectivity index (χ1v) is 4.01. The number of amides is 2. The number of primary amides is 1. The van der Waals surface area contributed by atoms with Crippen molar-refractivity contribution in [2.45, 2.75) is 18.1 Å². The average molecular weight is 226 g/mol. The van der Waals surface area contributed by atoms with Crippen LogP contribution < -0.4 is 11.1 Å². The van der Waals surface area contributed by atoms with E-state index >= 15 is 0 Å². The molecule has 86 valence electrons. The van der Waals surface area contributed by atoms with Crippen LogP contribution in [0.2, 0.25) is 0 Å². The molecule has 0 saturated carbocycles. The van der Waals surface area contributed by atoms with Crippen molar-refractivity contribution in [3.8, 4) is 0 Å². The fourth-order valence-corrected chi connectivity index (χ4v) is 1.08. The van der Waals surface area contributed by atoms with Crippen LogP contribution in [0.15, 0.2) is 0 Å². The molecule has 0 atom stereocenters. The molecule has 1 saturated heterocycles. The van der Waals surface area contributed by atoms with Crippen LogP contribution in [0.1, 0.15) is 6.42 Å². The molecule has 0 aromatic heterocycles. The maximum absolute atomic E-state index is 11.8. The van der Waals surface area contributed by atoms with Crippen molar-refractivity contribution in [2.24, 2.45) is 5.73 Å². The van der Waals surface area contributed by atoms with Gasteiger partial charge < -0.3 is 15.8 Å². The first-order valence-electron chi connectivity index (χ1n) is 4.01. The zero-order valence-electron chi connectivity index (χ0n) is 7.56. The van der Waals surface area contributed by atoms with Crippen LogP contribution in [0.3, 0.4) is 0 Å². The highest BCUT2D eigenvalue weighted by Gasteiger charge is 2.47. The average Bonchev–Trinajstić information content (AvgIpc) is 1.92. The summed E-state index contributed by atoms with van der Waals surface area (Å²) in [7, 11) is 0. The highest BCUT2D eigenvalue weighted by atomic mass is 19.4. The Balaban J connectivity index is 2.54. The van der Waals surface area contributed by atoms with Gasteiger partial charge in [-0.3, -0.25) is 9.59 Å². The Hall–Kier alpha value is -1.31. The first-order chi connectivity index (χ1) is 6.75. The normalized spacial score (nSPS) is 19.1. The largest absolute Gasteiger partial charge is 0.397 e. The summed E-state index contributed by atoms with van der Waals surface area (Å²) < 4.78 is 40.0. The van der Waals surface area contributed by atoms with Crippen molar-refractivity contribution in [2.75, 3.05) is 13.2 Å². The third kappa shape index (κ3) is 2.82. The van der Waals surface area contributed by atoms with Crippen LogP contribution in [-0.2, 0) is 14.3 Å².